The van der Waals surface area contributed by atoms with E-state index in [1.165, 1.54) is 12.1 Å². The normalized spacial score (nSPS) is 10.0. The van der Waals surface area contributed by atoms with Gasteiger partial charge in [-0.15, -0.1) is 0 Å². The van der Waals surface area contributed by atoms with Crippen molar-refractivity contribution in [1.82, 2.24) is 5.32 Å². The highest BCUT2D eigenvalue weighted by atomic mass is 19.1. The second-order valence-electron chi connectivity index (χ2n) is 4.26. The summed E-state index contributed by atoms with van der Waals surface area (Å²) in [5, 5.41) is 5.40. The van der Waals surface area contributed by atoms with Gasteiger partial charge in [-0.2, -0.15) is 0 Å². The van der Waals surface area contributed by atoms with E-state index < -0.39 is 0 Å². The fourth-order valence-electron chi connectivity index (χ4n) is 1.68. The first-order valence-corrected chi connectivity index (χ1v) is 6.00. The molecular formula is C15H15FN2O. The van der Waals surface area contributed by atoms with Gasteiger partial charge in [0.15, 0.2) is 0 Å². The zero-order valence-electron chi connectivity index (χ0n) is 10.6. The van der Waals surface area contributed by atoms with Crippen LogP contribution in [-0.4, -0.2) is 6.03 Å². The van der Waals surface area contributed by atoms with Crippen LogP contribution in [0.1, 0.15) is 11.1 Å². The molecule has 98 valence electrons. The van der Waals surface area contributed by atoms with Crippen LogP contribution in [-0.2, 0) is 6.54 Å². The van der Waals surface area contributed by atoms with E-state index in [9.17, 15) is 9.18 Å². The third-order valence-electron chi connectivity index (χ3n) is 2.71. The zero-order valence-corrected chi connectivity index (χ0v) is 10.6. The Kier molecular flexibility index (Phi) is 4.13. The number of nitrogens with one attached hydrogen (secondary N) is 2. The Morgan fingerprint density at radius 1 is 1.16 bits per heavy atom. The molecule has 0 saturated heterocycles. The molecule has 2 rings (SSSR count). The lowest BCUT2D eigenvalue weighted by Gasteiger charge is -2.08. The Bertz CT molecular complexity index is 570. The van der Waals surface area contributed by atoms with E-state index in [2.05, 4.69) is 10.6 Å². The average molecular weight is 258 g/mol. The average Bonchev–Trinajstić information content (AvgIpc) is 2.42. The van der Waals surface area contributed by atoms with Crippen LogP contribution in [0.3, 0.4) is 0 Å². The Hall–Kier alpha value is -2.36. The summed E-state index contributed by atoms with van der Waals surface area (Å²) in [6.07, 6.45) is 0. The van der Waals surface area contributed by atoms with Crippen molar-refractivity contribution in [1.29, 1.82) is 0 Å². The van der Waals surface area contributed by atoms with Crippen molar-refractivity contribution < 1.29 is 9.18 Å². The number of urea groups is 1. The number of anilines is 1. The SMILES string of the molecule is Cc1cc(NC(=O)NCc2ccccc2)ccc1F. The monoisotopic (exact) mass is 258 g/mol. The molecule has 0 bridgehead atoms. The molecule has 0 radical (unpaired) electrons. The zero-order chi connectivity index (χ0) is 13.7. The first kappa shape index (κ1) is 13.1. The number of hydrogen-bond donors (Lipinski definition) is 2. The maximum atomic E-state index is 13.1. The number of aryl methyl sites for hydroxylation is 1. The number of amides is 2. The van der Waals surface area contributed by atoms with Crippen molar-refractivity contribution in [3.8, 4) is 0 Å². The smallest absolute Gasteiger partial charge is 0.319 e. The summed E-state index contributed by atoms with van der Waals surface area (Å²) in [5.74, 6) is -0.282. The highest BCUT2D eigenvalue weighted by molar-refractivity contribution is 5.89. The van der Waals surface area contributed by atoms with Gasteiger partial charge in [-0.25, -0.2) is 9.18 Å². The van der Waals surface area contributed by atoms with Gasteiger partial charge in [-0.05, 0) is 36.2 Å². The second-order valence-corrected chi connectivity index (χ2v) is 4.26. The molecule has 2 N–H and O–H groups in total. The van der Waals surface area contributed by atoms with Gasteiger partial charge in [0.2, 0.25) is 0 Å². The highest BCUT2D eigenvalue weighted by Gasteiger charge is 2.03. The summed E-state index contributed by atoms with van der Waals surface area (Å²) >= 11 is 0. The second kappa shape index (κ2) is 6.00. The van der Waals surface area contributed by atoms with Gasteiger partial charge in [0.05, 0.1) is 0 Å². The molecule has 0 fully saturated rings. The van der Waals surface area contributed by atoms with E-state index in [4.69, 9.17) is 0 Å². The molecule has 19 heavy (non-hydrogen) atoms. The van der Waals surface area contributed by atoms with E-state index in [1.54, 1.807) is 13.0 Å². The molecule has 2 aromatic rings. The molecule has 0 atom stereocenters. The Balaban J connectivity index is 1.89. The third-order valence-corrected chi connectivity index (χ3v) is 2.71. The summed E-state index contributed by atoms with van der Waals surface area (Å²) in [7, 11) is 0. The quantitative estimate of drug-likeness (QED) is 0.869. The molecule has 4 heteroatoms. The standard InChI is InChI=1S/C15H15FN2O/c1-11-9-13(7-8-14(11)16)18-15(19)17-10-12-5-3-2-4-6-12/h2-9H,10H2,1H3,(H2,17,18,19). The lowest BCUT2D eigenvalue weighted by molar-refractivity contribution is 0.251. The Labute approximate surface area is 111 Å². The lowest BCUT2D eigenvalue weighted by atomic mass is 10.2. The molecule has 0 aromatic heterocycles. The van der Waals surface area contributed by atoms with Gasteiger partial charge in [0.1, 0.15) is 5.82 Å². The third kappa shape index (κ3) is 3.81. The molecular weight excluding hydrogens is 243 g/mol. The largest absolute Gasteiger partial charge is 0.334 e. The van der Waals surface area contributed by atoms with Gasteiger partial charge in [0, 0.05) is 12.2 Å². The minimum atomic E-state index is -0.310. The van der Waals surface area contributed by atoms with E-state index >= 15 is 0 Å². The molecule has 0 unspecified atom stereocenters. The van der Waals surface area contributed by atoms with Crippen LogP contribution < -0.4 is 10.6 Å². The fourth-order valence-corrected chi connectivity index (χ4v) is 1.68. The van der Waals surface area contributed by atoms with Crippen molar-refractivity contribution >= 4 is 11.7 Å². The summed E-state index contributed by atoms with van der Waals surface area (Å²) in [4.78, 5) is 11.7. The van der Waals surface area contributed by atoms with Crippen LogP contribution in [0.5, 0.6) is 0 Å². The van der Waals surface area contributed by atoms with Crippen LogP contribution in [0.15, 0.2) is 48.5 Å². The lowest BCUT2D eigenvalue weighted by Crippen LogP contribution is -2.28. The number of halogens is 1. The number of carbonyl (C=O) groups excluding carboxylic acids is 1. The molecule has 2 amide bonds. The number of benzene rings is 2. The van der Waals surface area contributed by atoms with Crippen molar-refractivity contribution in [2.75, 3.05) is 5.32 Å². The molecule has 0 spiro atoms. The van der Waals surface area contributed by atoms with Gasteiger partial charge < -0.3 is 10.6 Å². The van der Waals surface area contributed by atoms with Crippen molar-refractivity contribution in [3.05, 3.63) is 65.5 Å². The van der Waals surface area contributed by atoms with Crippen LogP contribution in [0.25, 0.3) is 0 Å². The summed E-state index contributed by atoms with van der Waals surface area (Å²) < 4.78 is 13.1. The number of carbonyl (C=O) groups is 1. The molecule has 0 saturated carbocycles. The van der Waals surface area contributed by atoms with Gasteiger partial charge >= 0.3 is 6.03 Å². The predicted octanol–water partition coefficient (Wildman–Crippen LogP) is 3.46. The molecule has 0 aliphatic carbocycles. The van der Waals surface area contributed by atoms with Crippen molar-refractivity contribution in [3.63, 3.8) is 0 Å². The van der Waals surface area contributed by atoms with Crippen LogP contribution in [0.4, 0.5) is 14.9 Å². The molecule has 3 nitrogen and oxygen atoms in total. The first-order valence-electron chi connectivity index (χ1n) is 6.00. The van der Waals surface area contributed by atoms with Crippen LogP contribution >= 0.6 is 0 Å². The van der Waals surface area contributed by atoms with Crippen molar-refractivity contribution in [2.45, 2.75) is 13.5 Å². The molecule has 0 heterocycles. The molecule has 0 aliphatic rings. The Morgan fingerprint density at radius 2 is 1.89 bits per heavy atom. The predicted molar refractivity (Wildman–Crippen MR) is 73.4 cm³/mol. The topological polar surface area (TPSA) is 41.1 Å². The van der Waals surface area contributed by atoms with Gasteiger partial charge in [-0.1, -0.05) is 30.3 Å². The van der Waals surface area contributed by atoms with Crippen LogP contribution in [0, 0.1) is 12.7 Å². The maximum absolute atomic E-state index is 13.1. The highest BCUT2D eigenvalue weighted by Crippen LogP contribution is 2.13. The fraction of sp³-hybridized carbons (Fsp3) is 0.133. The van der Waals surface area contributed by atoms with E-state index in [0.717, 1.165) is 5.56 Å². The Morgan fingerprint density at radius 3 is 2.58 bits per heavy atom. The summed E-state index contributed by atoms with van der Waals surface area (Å²) in [5.41, 5.74) is 2.10. The maximum Gasteiger partial charge on any atom is 0.319 e. The van der Waals surface area contributed by atoms with E-state index in [0.29, 0.717) is 17.8 Å². The molecule has 0 aliphatic heterocycles. The minimum absolute atomic E-state index is 0.282. The minimum Gasteiger partial charge on any atom is -0.334 e. The number of rotatable bonds is 3. The number of hydrogen-bond acceptors (Lipinski definition) is 1. The summed E-state index contributed by atoms with van der Waals surface area (Å²) in [6, 6.07) is 13.8. The summed E-state index contributed by atoms with van der Waals surface area (Å²) in [6.45, 7) is 2.11. The van der Waals surface area contributed by atoms with Crippen LogP contribution in [0.2, 0.25) is 0 Å². The van der Waals surface area contributed by atoms with E-state index in [-0.39, 0.29) is 11.8 Å². The van der Waals surface area contributed by atoms with Gasteiger partial charge in [-0.3, -0.25) is 0 Å². The van der Waals surface area contributed by atoms with Gasteiger partial charge in [0.25, 0.3) is 0 Å². The first-order chi connectivity index (χ1) is 9.15. The van der Waals surface area contributed by atoms with E-state index in [1.807, 2.05) is 30.3 Å². The molecule has 2 aromatic carbocycles. The van der Waals surface area contributed by atoms with Crippen molar-refractivity contribution in [2.24, 2.45) is 0 Å².